The van der Waals surface area contributed by atoms with Gasteiger partial charge in [0.15, 0.2) is 11.5 Å². The Balaban J connectivity index is 1.11. The van der Waals surface area contributed by atoms with Gasteiger partial charge in [0.25, 0.3) is 0 Å². The second-order valence-electron chi connectivity index (χ2n) is 11.7. The van der Waals surface area contributed by atoms with E-state index < -0.39 is 5.82 Å². The quantitative estimate of drug-likeness (QED) is 0.281. The lowest BCUT2D eigenvalue weighted by Crippen LogP contribution is -2.54. The van der Waals surface area contributed by atoms with E-state index in [9.17, 15) is 9.65 Å². The second kappa shape index (κ2) is 11.0. The van der Waals surface area contributed by atoms with E-state index in [1.54, 1.807) is 18.5 Å². The van der Waals surface area contributed by atoms with E-state index in [-0.39, 0.29) is 11.4 Å². The number of hydrogen-bond acceptors (Lipinski definition) is 10. The SMILES string of the molecule is N#Cc1nccc(N2CCN(Cc3ccc(-n4c(-c5cccnc5N)nc5ccc(-c6ccc(F)cn6)nc54)cc3)C3(CC3)C2)n1. The fraction of sp³-hybridized carbons (Fsp3) is 0.206. The van der Waals surface area contributed by atoms with E-state index in [1.165, 1.54) is 17.8 Å². The molecule has 6 heterocycles. The predicted octanol–water partition coefficient (Wildman–Crippen LogP) is 4.78. The molecule has 5 aromatic heterocycles. The summed E-state index contributed by atoms with van der Waals surface area (Å²) in [5.41, 5.74) is 11.7. The van der Waals surface area contributed by atoms with Crippen LogP contribution in [0, 0.1) is 17.1 Å². The predicted molar refractivity (Wildman–Crippen MR) is 171 cm³/mol. The van der Waals surface area contributed by atoms with Gasteiger partial charge in [0, 0.05) is 49.8 Å². The molecule has 0 bridgehead atoms. The van der Waals surface area contributed by atoms with Crippen LogP contribution in [0.5, 0.6) is 0 Å². The van der Waals surface area contributed by atoms with E-state index in [0.29, 0.717) is 39.8 Å². The van der Waals surface area contributed by atoms with Crippen molar-refractivity contribution in [3.8, 4) is 34.5 Å². The average molecular weight is 610 g/mol. The maximum atomic E-state index is 13.6. The molecule has 1 saturated carbocycles. The highest BCUT2D eigenvalue weighted by atomic mass is 19.1. The van der Waals surface area contributed by atoms with Crippen molar-refractivity contribution in [2.24, 2.45) is 0 Å². The summed E-state index contributed by atoms with van der Waals surface area (Å²) in [6.45, 7) is 3.43. The van der Waals surface area contributed by atoms with Crippen LogP contribution < -0.4 is 10.6 Å². The van der Waals surface area contributed by atoms with Gasteiger partial charge in [-0.2, -0.15) is 5.26 Å². The van der Waals surface area contributed by atoms with Crippen molar-refractivity contribution >= 4 is 22.8 Å². The van der Waals surface area contributed by atoms with Gasteiger partial charge in [-0.25, -0.2) is 29.3 Å². The van der Waals surface area contributed by atoms with Gasteiger partial charge in [0.1, 0.15) is 29.0 Å². The molecule has 0 atom stereocenters. The Morgan fingerprint density at radius 1 is 0.870 bits per heavy atom. The molecular weight excluding hydrogens is 581 g/mol. The molecule has 1 spiro atoms. The average Bonchev–Trinajstić information content (AvgIpc) is 3.76. The molecule has 6 aromatic rings. The summed E-state index contributed by atoms with van der Waals surface area (Å²) < 4.78 is 15.6. The van der Waals surface area contributed by atoms with Gasteiger partial charge in [-0.1, -0.05) is 12.1 Å². The summed E-state index contributed by atoms with van der Waals surface area (Å²) in [5, 5.41) is 9.23. The van der Waals surface area contributed by atoms with Crippen LogP contribution in [-0.4, -0.2) is 64.5 Å². The maximum absolute atomic E-state index is 13.6. The number of aromatic nitrogens is 7. The molecule has 226 valence electrons. The minimum absolute atomic E-state index is 0.106. The van der Waals surface area contributed by atoms with Crippen LogP contribution in [0.25, 0.3) is 39.6 Å². The Morgan fingerprint density at radius 3 is 2.48 bits per heavy atom. The van der Waals surface area contributed by atoms with Gasteiger partial charge in [0.2, 0.25) is 5.82 Å². The van der Waals surface area contributed by atoms with Gasteiger partial charge in [-0.05, 0) is 73.0 Å². The lowest BCUT2D eigenvalue weighted by Gasteiger charge is -2.42. The number of nitrogen functional groups attached to an aromatic ring is 1. The van der Waals surface area contributed by atoms with Crippen LogP contribution in [0.15, 0.2) is 85.3 Å². The first-order valence-electron chi connectivity index (χ1n) is 15.0. The van der Waals surface area contributed by atoms with Gasteiger partial charge in [-0.15, -0.1) is 0 Å². The maximum Gasteiger partial charge on any atom is 0.234 e. The van der Waals surface area contributed by atoms with Crippen LogP contribution in [-0.2, 0) is 6.54 Å². The van der Waals surface area contributed by atoms with Crippen molar-refractivity contribution in [3.63, 3.8) is 0 Å². The third kappa shape index (κ3) is 4.96. The molecule has 46 heavy (non-hydrogen) atoms. The van der Waals surface area contributed by atoms with Gasteiger partial charge >= 0.3 is 0 Å². The van der Waals surface area contributed by atoms with Crippen LogP contribution >= 0.6 is 0 Å². The van der Waals surface area contributed by atoms with Gasteiger partial charge in [-0.3, -0.25) is 14.5 Å². The second-order valence-corrected chi connectivity index (χ2v) is 11.7. The largest absolute Gasteiger partial charge is 0.383 e. The first kappa shape index (κ1) is 27.7. The molecule has 0 unspecified atom stereocenters. The Hall–Kier alpha value is -5.80. The summed E-state index contributed by atoms with van der Waals surface area (Å²) in [7, 11) is 0. The lowest BCUT2D eigenvalue weighted by molar-refractivity contribution is 0.149. The van der Waals surface area contributed by atoms with Crippen molar-refractivity contribution in [1.29, 1.82) is 5.26 Å². The first-order valence-corrected chi connectivity index (χ1v) is 15.0. The van der Waals surface area contributed by atoms with Gasteiger partial charge in [0.05, 0.1) is 23.1 Å². The first-order chi connectivity index (χ1) is 22.5. The van der Waals surface area contributed by atoms with Crippen LogP contribution in [0.2, 0.25) is 0 Å². The Labute approximate surface area is 263 Å². The number of fused-ring (bicyclic) bond motifs is 1. The minimum atomic E-state index is -0.404. The number of nitrogens with zero attached hydrogens (tertiary/aromatic N) is 10. The Morgan fingerprint density at radius 2 is 1.72 bits per heavy atom. The summed E-state index contributed by atoms with van der Waals surface area (Å²) in [5.74, 6) is 1.60. The van der Waals surface area contributed by atoms with E-state index >= 15 is 0 Å². The fourth-order valence-electron chi connectivity index (χ4n) is 6.28. The van der Waals surface area contributed by atoms with E-state index in [4.69, 9.17) is 15.7 Å². The normalized spacial score (nSPS) is 15.7. The van der Waals surface area contributed by atoms with Gasteiger partial charge < -0.3 is 10.6 Å². The summed E-state index contributed by atoms with van der Waals surface area (Å²) >= 11 is 0. The molecule has 1 saturated heterocycles. The molecule has 8 rings (SSSR count). The smallest absolute Gasteiger partial charge is 0.234 e. The van der Waals surface area contributed by atoms with Crippen molar-refractivity contribution in [3.05, 3.63) is 103 Å². The summed E-state index contributed by atoms with van der Waals surface area (Å²) in [6, 6.07) is 22.8. The molecule has 1 aromatic carbocycles. The topological polar surface area (TPSA) is 139 Å². The number of hydrogen-bond donors (Lipinski definition) is 1. The summed E-state index contributed by atoms with van der Waals surface area (Å²) in [4.78, 5) is 31.7. The highest BCUT2D eigenvalue weighted by Gasteiger charge is 2.51. The Kier molecular flexibility index (Phi) is 6.61. The lowest BCUT2D eigenvalue weighted by atomic mass is 10.1. The van der Waals surface area contributed by atoms with Crippen molar-refractivity contribution < 1.29 is 4.39 Å². The van der Waals surface area contributed by atoms with E-state index in [1.807, 2.05) is 41.0 Å². The molecule has 1 aliphatic carbocycles. The number of imidazole rings is 1. The Bertz CT molecular complexity index is 2120. The molecule has 2 fully saturated rings. The molecule has 11 nitrogen and oxygen atoms in total. The van der Waals surface area contributed by atoms with Crippen LogP contribution in [0.3, 0.4) is 0 Å². The highest BCUT2D eigenvalue weighted by Crippen LogP contribution is 2.45. The van der Waals surface area contributed by atoms with Crippen LogP contribution in [0.4, 0.5) is 16.0 Å². The number of pyridine rings is 3. The molecule has 12 heteroatoms. The molecule has 1 aliphatic heterocycles. The van der Waals surface area contributed by atoms with Crippen molar-refractivity contribution in [2.75, 3.05) is 30.3 Å². The van der Waals surface area contributed by atoms with Crippen molar-refractivity contribution in [2.45, 2.75) is 24.9 Å². The highest BCUT2D eigenvalue weighted by molar-refractivity contribution is 5.84. The monoisotopic (exact) mass is 609 g/mol. The zero-order chi connectivity index (χ0) is 31.3. The third-order valence-corrected chi connectivity index (χ3v) is 8.83. The molecule has 2 aliphatic rings. The number of nitriles is 1. The number of anilines is 2. The van der Waals surface area contributed by atoms with Crippen LogP contribution in [0.1, 0.15) is 24.2 Å². The molecule has 2 N–H and O–H groups in total. The molecular formula is C34H28FN11. The molecule has 0 amide bonds. The number of halogens is 1. The number of nitrogens with two attached hydrogens (primary N) is 1. The number of benzene rings is 1. The van der Waals surface area contributed by atoms with E-state index in [0.717, 1.165) is 50.5 Å². The zero-order valence-corrected chi connectivity index (χ0v) is 24.8. The standard InChI is InChI=1S/C34H28FN11/c35-23-5-8-26(40-19-23)27-9-10-28-33(41-27)46(32(42-28)25-2-1-14-39-31(25)37)24-6-3-22(4-7-24)20-45-17-16-44(21-34(45)12-13-34)30-11-15-38-29(18-36)43-30/h1-11,14-15,19H,12-13,16-17,20-21H2,(H2,37,39). The third-order valence-electron chi connectivity index (χ3n) is 8.83. The summed E-state index contributed by atoms with van der Waals surface area (Å²) in [6.07, 6.45) is 6.76. The van der Waals surface area contributed by atoms with Crippen molar-refractivity contribution in [1.82, 2.24) is 39.4 Å². The number of piperazine rings is 1. The molecule has 0 radical (unpaired) electrons. The fourth-order valence-corrected chi connectivity index (χ4v) is 6.28. The zero-order valence-electron chi connectivity index (χ0n) is 24.8. The minimum Gasteiger partial charge on any atom is -0.383 e. The van der Waals surface area contributed by atoms with E-state index in [2.05, 4.69) is 54.0 Å². The number of rotatable bonds is 6.